The topological polar surface area (TPSA) is 0 Å². The van der Waals surface area contributed by atoms with Crippen molar-refractivity contribution < 1.29 is 0 Å². The van der Waals surface area contributed by atoms with E-state index in [9.17, 15) is 0 Å². The predicted octanol–water partition coefficient (Wildman–Crippen LogP) is 10.3. The first-order valence-corrected chi connectivity index (χ1v) is 15.5. The zero-order chi connectivity index (χ0) is 25.9. The number of hydrogen-bond donors (Lipinski definition) is 0. The molecule has 0 heterocycles. The van der Waals surface area contributed by atoms with E-state index in [2.05, 4.69) is 134 Å². The van der Waals surface area contributed by atoms with Gasteiger partial charge in [-0.1, -0.05) is 109 Å². The molecular formula is C36H30S2. The third kappa shape index (κ3) is 4.75. The van der Waals surface area contributed by atoms with Crippen LogP contribution in [0.25, 0.3) is 32.7 Å². The second-order valence-corrected chi connectivity index (χ2v) is 11.3. The molecule has 2 heteroatoms. The molecule has 186 valence electrons. The molecule has 38 heavy (non-hydrogen) atoms. The lowest BCUT2D eigenvalue weighted by molar-refractivity contribution is 1.12. The lowest BCUT2D eigenvalue weighted by atomic mass is 9.88. The fraction of sp³-hybridized carbons (Fsp3) is 0.111. The van der Waals surface area contributed by atoms with E-state index in [1.165, 1.54) is 64.7 Å². The van der Waals surface area contributed by atoms with E-state index in [4.69, 9.17) is 0 Å². The van der Waals surface area contributed by atoms with Crippen LogP contribution in [0.15, 0.2) is 131 Å². The van der Waals surface area contributed by atoms with E-state index in [0.29, 0.717) is 0 Å². The quantitative estimate of drug-likeness (QED) is 0.190. The highest BCUT2D eigenvalue weighted by Gasteiger charge is 2.22. The maximum Gasteiger partial charge on any atom is 0.0190 e. The molecule has 0 saturated carbocycles. The lowest BCUT2D eigenvalue weighted by Gasteiger charge is -2.23. The molecule has 0 bridgehead atoms. The van der Waals surface area contributed by atoms with Crippen LogP contribution in [0.4, 0.5) is 0 Å². The van der Waals surface area contributed by atoms with Crippen molar-refractivity contribution in [1.82, 2.24) is 0 Å². The Morgan fingerprint density at radius 1 is 0.447 bits per heavy atom. The fourth-order valence-electron chi connectivity index (χ4n) is 5.63. The summed E-state index contributed by atoms with van der Waals surface area (Å²) in [5.41, 5.74) is 8.21. The normalized spacial score (nSPS) is 11.3. The van der Waals surface area contributed by atoms with Crippen LogP contribution in [-0.4, -0.2) is 12.5 Å². The first kappa shape index (κ1) is 24.9. The van der Waals surface area contributed by atoms with Gasteiger partial charge in [0.25, 0.3) is 0 Å². The van der Waals surface area contributed by atoms with E-state index in [1.54, 1.807) is 0 Å². The summed E-state index contributed by atoms with van der Waals surface area (Å²) in [5.74, 6) is 0. The molecule has 0 N–H and O–H groups in total. The first-order valence-electron chi connectivity index (χ1n) is 13.0. The van der Waals surface area contributed by atoms with Crippen molar-refractivity contribution in [3.63, 3.8) is 0 Å². The highest BCUT2D eigenvalue weighted by molar-refractivity contribution is 7.99. The van der Waals surface area contributed by atoms with Crippen molar-refractivity contribution in [3.8, 4) is 11.1 Å². The third-order valence-electron chi connectivity index (χ3n) is 7.29. The predicted molar refractivity (Wildman–Crippen MR) is 169 cm³/mol. The lowest BCUT2D eigenvalue weighted by Crippen LogP contribution is -2.00. The average molecular weight is 527 g/mol. The number of benzene rings is 6. The number of fused-ring (bicyclic) bond motifs is 2. The molecular weight excluding hydrogens is 497 g/mol. The SMILES string of the molecule is CSc1c(Cc2ccccc2)cc2ccccc2c1-c1c(SC)c(Cc2ccccc2)cc2ccccc12. The van der Waals surface area contributed by atoms with Gasteiger partial charge in [0.05, 0.1) is 0 Å². The molecule has 0 nitrogen and oxygen atoms in total. The van der Waals surface area contributed by atoms with Crippen LogP contribution >= 0.6 is 23.5 Å². The van der Waals surface area contributed by atoms with Gasteiger partial charge in [0, 0.05) is 20.9 Å². The van der Waals surface area contributed by atoms with Gasteiger partial charge in [-0.05, 0) is 81.3 Å². The molecule has 0 aliphatic heterocycles. The smallest absolute Gasteiger partial charge is 0.0190 e. The molecule has 0 saturated heterocycles. The van der Waals surface area contributed by atoms with Crippen molar-refractivity contribution in [1.29, 1.82) is 0 Å². The van der Waals surface area contributed by atoms with Gasteiger partial charge >= 0.3 is 0 Å². The van der Waals surface area contributed by atoms with Crippen molar-refractivity contribution in [3.05, 3.63) is 144 Å². The molecule has 0 aliphatic rings. The Kier molecular flexibility index (Phi) is 7.27. The summed E-state index contributed by atoms with van der Waals surface area (Å²) < 4.78 is 0. The minimum Gasteiger partial charge on any atom is -0.129 e. The van der Waals surface area contributed by atoms with Gasteiger partial charge in [0.2, 0.25) is 0 Å². The molecule has 0 aromatic heterocycles. The summed E-state index contributed by atoms with van der Waals surface area (Å²) in [6, 6.07) is 44.4. The Labute approximate surface area is 234 Å². The van der Waals surface area contributed by atoms with Crippen LogP contribution in [-0.2, 0) is 12.8 Å². The van der Waals surface area contributed by atoms with Crippen molar-refractivity contribution in [2.24, 2.45) is 0 Å². The standard InChI is InChI=1S/C36H30S2/c1-37-35-29(21-25-13-5-3-6-14-25)23-27-17-9-11-19-31(27)33(35)34-32-20-12-10-18-28(32)24-30(36(34)38-2)22-26-15-7-4-8-16-26/h3-20,23-24H,21-22H2,1-2H3. The van der Waals surface area contributed by atoms with Gasteiger partial charge in [0.15, 0.2) is 0 Å². The second-order valence-electron chi connectivity index (χ2n) is 9.65. The molecule has 6 rings (SSSR count). The van der Waals surface area contributed by atoms with Crippen LogP contribution in [0.1, 0.15) is 22.3 Å². The Morgan fingerprint density at radius 2 is 0.816 bits per heavy atom. The molecule has 0 fully saturated rings. The van der Waals surface area contributed by atoms with E-state index >= 15 is 0 Å². The Balaban J connectivity index is 1.69. The average Bonchev–Trinajstić information content (AvgIpc) is 2.97. The number of thioether (sulfide) groups is 2. The fourth-order valence-corrected chi connectivity index (χ4v) is 7.25. The van der Waals surface area contributed by atoms with E-state index in [1.807, 2.05) is 23.5 Å². The monoisotopic (exact) mass is 526 g/mol. The number of hydrogen-bond acceptors (Lipinski definition) is 2. The van der Waals surface area contributed by atoms with Crippen LogP contribution in [0.3, 0.4) is 0 Å². The van der Waals surface area contributed by atoms with E-state index in [0.717, 1.165) is 12.8 Å². The van der Waals surface area contributed by atoms with Gasteiger partial charge in [-0.15, -0.1) is 23.5 Å². The molecule has 6 aromatic rings. The van der Waals surface area contributed by atoms with Crippen LogP contribution in [0, 0.1) is 0 Å². The highest BCUT2D eigenvalue weighted by atomic mass is 32.2. The first-order chi connectivity index (χ1) is 18.8. The summed E-state index contributed by atoms with van der Waals surface area (Å²) in [5, 5.41) is 5.25. The number of rotatable bonds is 7. The van der Waals surface area contributed by atoms with Crippen LogP contribution < -0.4 is 0 Å². The van der Waals surface area contributed by atoms with Crippen LogP contribution in [0.5, 0.6) is 0 Å². The Morgan fingerprint density at radius 3 is 1.21 bits per heavy atom. The summed E-state index contributed by atoms with van der Waals surface area (Å²) in [6.07, 6.45) is 6.31. The minimum absolute atomic E-state index is 0.922. The summed E-state index contributed by atoms with van der Waals surface area (Å²) in [4.78, 5) is 2.76. The molecule has 0 radical (unpaired) electrons. The Hall–Kier alpha value is -3.46. The summed E-state index contributed by atoms with van der Waals surface area (Å²) in [7, 11) is 0. The van der Waals surface area contributed by atoms with Crippen molar-refractivity contribution >= 4 is 45.1 Å². The minimum atomic E-state index is 0.922. The molecule has 6 aromatic carbocycles. The van der Waals surface area contributed by atoms with E-state index in [-0.39, 0.29) is 0 Å². The zero-order valence-corrected chi connectivity index (χ0v) is 23.4. The van der Waals surface area contributed by atoms with Gasteiger partial charge < -0.3 is 0 Å². The molecule has 0 amide bonds. The summed E-state index contributed by atoms with van der Waals surface area (Å²) >= 11 is 3.76. The van der Waals surface area contributed by atoms with Crippen molar-refractivity contribution in [2.45, 2.75) is 22.6 Å². The summed E-state index contributed by atoms with van der Waals surface area (Å²) in [6.45, 7) is 0. The third-order valence-corrected chi connectivity index (χ3v) is 9.04. The molecule has 0 unspecified atom stereocenters. The largest absolute Gasteiger partial charge is 0.129 e. The van der Waals surface area contributed by atoms with Crippen LogP contribution in [0.2, 0.25) is 0 Å². The second kappa shape index (κ2) is 11.1. The van der Waals surface area contributed by atoms with Crippen molar-refractivity contribution in [2.75, 3.05) is 12.5 Å². The molecule has 0 spiro atoms. The maximum absolute atomic E-state index is 2.41. The maximum atomic E-state index is 2.41. The van der Waals surface area contributed by atoms with Gasteiger partial charge in [0.1, 0.15) is 0 Å². The highest BCUT2D eigenvalue weighted by Crippen LogP contribution is 2.47. The zero-order valence-electron chi connectivity index (χ0n) is 21.8. The van der Waals surface area contributed by atoms with Gasteiger partial charge in [-0.3, -0.25) is 0 Å². The van der Waals surface area contributed by atoms with E-state index < -0.39 is 0 Å². The molecule has 0 atom stereocenters. The Bertz CT molecular complexity index is 1590. The van der Waals surface area contributed by atoms with Gasteiger partial charge in [-0.25, -0.2) is 0 Å². The van der Waals surface area contributed by atoms with Gasteiger partial charge in [-0.2, -0.15) is 0 Å². The molecule has 0 aliphatic carbocycles.